The molecule has 0 bridgehead atoms. The SMILES string of the molecule is CCCC[C@H](NC(=O)CCc1ncc(-c2ccccc2Cl)o1)C(=O)O. The van der Waals surface area contributed by atoms with Gasteiger partial charge in [0.15, 0.2) is 11.7 Å². The molecule has 1 atom stereocenters. The number of halogens is 1. The number of rotatable bonds is 9. The molecule has 2 N–H and O–H groups in total. The summed E-state index contributed by atoms with van der Waals surface area (Å²) in [4.78, 5) is 27.3. The lowest BCUT2D eigenvalue weighted by Crippen LogP contribution is -2.40. The van der Waals surface area contributed by atoms with Crippen LogP contribution in [0.1, 0.15) is 38.5 Å². The second kappa shape index (κ2) is 9.22. The van der Waals surface area contributed by atoms with Crippen molar-refractivity contribution in [2.75, 3.05) is 0 Å². The number of carboxylic acids is 1. The van der Waals surface area contributed by atoms with E-state index in [0.717, 1.165) is 18.4 Å². The molecule has 1 aromatic heterocycles. The fourth-order valence-electron chi connectivity index (χ4n) is 2.36. The van der Waals surface area contributed by atoms with Crippen LogP contribution in [0.15, 0.2) is 34.9 Å². The number of hydrogen-bond acceptors (Lipinski definition) is 4. The van der Waals surface area contributed by atoms with Gasteiger partial charge >= 0.3 is 5.97 Å². The number of amides is 1. The Kier molecular flexibility index (Phi) is 7.01. The molecule has 0 aliphatic carbocycles. The van der Waals surface area contributed by atoms with Crippen LogP contribution in [0, 0.1) is 0 Å². The van der Waals surface area contributed by atoms with Crippen LogP contribution < -0.4 is 5.32 Å². The van der Waals surface area contributed by atoms with Gasteiger partial charge in [-0.05, 0) is 18.6 Å². The fourth-order valence-corrected chi connectivity index (χ4v) is 2.59. The molecule has 0 spiro atoms. The highest BCUT2D eigenvalue weighted by atomic mass is 35.5. The van der Waals surface area contributed by atoms with Crippen molar-refractivity contribution in [3.8, 4) is 11.3 Å². The third kappa shape index (κ3) is 5.60. The maximum absolute atomic E-state index is 12.0. The molecular formula is C18H21ClN2O4. The Morgan fingerprint density at radius 2 is 2.12 bits per heavy atom. The molecule has 2 aromatic rings. The summed E-state index contributed by atoms with van der Waals surface area (Å²) in [6, 6.07) is 6.40. The minimum absolute atomic E-state index is 0.110. The Hall–Kier alpha value is -2.34. The number of carbonyl (C=O) groups is 2. The van der Waals surface area contributed by atoms with E-state index >= 15 is 0 Å². The molecule has 1 heterocycles. The Morgan fingerprint density at radius 3 is 2.80 bits per heavy atom. The average molecular weight is 365 g/mol. The van der Waals surface area contributed by atoms with Gasteiger partial charge in [-0.3, -0.25) is 4.79 Å². The Labute approximate surface area is 151 Å². The number of aliphatic carboxylic acids is 1. The van der Waals surface area contributed by atoms with E-state index in [9.17, 15) is 9.59 Å². The summed E-state index contributed by atoms with van der Waals surface area (Å²) in [6.07, 6.45) is 4.01. The highest BCUT2D eigenvalue weighted by Crippen LogP contribution is 2.28. The van der Waals surface area contributed by atoms with E-state index in [1.807, 2.05) is 25.1 Å². The van der Waals surface area contributed by atoms with Crippen LogP contribution in [0.25, 0.3) is 11.3 Å². The normalized spacial score (nSPS) is 11.9. The molecule has 6 nitrogen and oxygen atoms in total. The topological polar surface area (TPSA) is 92.4 Å². The van der Waals surface area contributed by atoms with E-state index in [2.05, 4.69) is 10.3 Å². The molecule has 1 amide bonds. The predicted molar refractivity (Wildman–Crippen MR) is 94.4 cm³/mol. The first-order valence-electron chi connectivity index (χ1n) is 8.23. The van der Waals surface area contributed by atoms with Crippen molar-refractivity contribution in [2.24, 2.45) is 0 Å². The van der Waals surface area contributed by atoms with E-state index in [1.54, 1.807) is 12.3 Å². The van der Waals surface area contributed by atoms with Crippen molar-refractivity contribution in [1.29, 1.82) is 0 Å². The summed E-state index contributed by atoms with van der Waals surface area (Å²) in [7, 11) is 0. The number of aryl methyl sites for hydroxylation is 1. The van der Waals surface area contributed by atoms with Crippen LogP contribution in [0.5, 0.6) is 0 Å². The third-order valence-electron chi connectivity index (χ3n) is 3.74. The van der Waals surface area contributed by atoms with Crippen LogP contribution in [0.4, 0.5) is 0 Å². The van der Waals surface area contributed by atoms with Gasteiger partial charge in [0.05, 0.1) is 11.2 Å². The van der Waals surface area contributed by atoms with Gasteiger partial charge in [-0.1, -0.05) is 43.5 Å². The summed E-state index contributed by atoms with van der Waals surface area (Å²) < 4.78 is 5.63. The quantitative estimate of drug-likeness (QED) is 0.707. The number of oxazole rings is 1. The first-order chi connectivity index (χ1) is 12.0. The lowest BCUT2D eigenvalue weighted by molar-refractivity contribution is -0.142. The molecule has 0 fully saturated rings. The summed E-state index contributed by atoms with van der Waals surface area (Å²) >= 11 is 6.12. The maximum atomic E-state index is 12.0. The van der Waals surface area contributed by atoms with Gasteiger partial charge in [0.25, 0.3) is 0 Å². The molecule has 0 unspecified atom stereocenters. The second-order valence-electron chi connectivity index (χ2n) is 5.70. The van der Waals surface area contributed by atoms with Gasteiger partial charge in [0.1, 0.15) is 6.04 Å². The number of benzene rings is 1. The Bertz CT molecular complexity index is 729. The van der Waals surface area contributed by atoms with E-state index in [4.69, 9.17) is 21.1 Å². The zero-order chi connectivity index (χ0) is 18.2. The summed E-state index contributed by atoms with van der Waals surface area (Å²) in [6.45, 7) is 1.97. The van der Waals surface area contributed by atoms with Crippen molar-refractivity contribution in [2.45, 2.75) is 45.1 Å². The number of unbranched alkanes of at least 4 members (excludes halogenated alkanes) is 1. The summed E-state index contributed by atoms with van der Waals surface area (Å²) in [5.74, 6) is -0.405. The van der Waals surface area contributed by atoms with Crippen LogP contribution in [0.2, 0.25) is 5.02 Å². The first-order valence-corrected chi connectivity index (χ1v) is 8.60. The molecule has 7 heteroatoms. The zero-order valence-corrected chi connectivity index (χ0v) is 14.8. The van der Waals surface area contributed by atoms with Crippen LogP contribution in [-0.4, -0.2) is 28.0 Å². The van der Waals surface area contributed by atoms with E-state index in [0.29, 0.717) is 23.1 Å². The van der Waals surface area contributed by atoms with Gasteiger partial charge in [-0.15, -0.1) is 0 Å². The van der Waals surface area contributed by atoms with E-state index < -0.39 is 12.0 Å². The van der Waals surface area contributed by atoms with Crippen molar-refractivity contribution in [3.63, 3.8) is 0 Å². The van der Waals surface area contributed by atoms with Crippen molar-refractivity contribution in [3.05, 3.63) is 41.4 Å². The van der Waals surface area contributed by atoms with Crippen LogP contribution >= 0.6 is 11.6 Å². The summed E-state index contributed by atoms with van der Waals surface area (Å²) in [5, 5.41) is 12.2. The predicted octanol–water partition coefficient (Wildman–Crippen LogP) is 3.69. The molecule has 0 radical (unpaired) electrons. The van der Waals surface area contributed by atoms with Gasteiger partial charge in [0, 0.05) is 18.4 Å². The molecule has 0 aliphatic rings. The third-order valence-corrected chi connectivity index (χ3v) is 4.07. The largest absolute Gasteiger partial charge is 0.480 e. The fraction of sp³-hybridized carbons (Fsp3) is 0.389. The zero-order valence-electron chi connectivity index (χ0n) is 14.0. The van der Waals surface area contributed by atoms with Crippen LogP contribution in [-0.2, 0) is 16.0 Å². The standard InChI is InChI=1S/C18H21ClN2O4/c1-2-3-8-14(18(23)24)21-16(22)9-10-17-20-11-15(25-17)12-6-4-5-7-13(12)19/h4-7,11,14H,2-3,8-10H2,1H3,(H,21,22)(H,23,24)/t14-/m0/s1. The van der Waals surface area contributed by atoms with E-state index in [1.165, 1.54) is 0 Å². The van der Waals surface area contributed by atoms with Gasteiger partial charge in [-0.25, -0.2) is 9.78 Å². The molecule has 0 saturated heterocycles. The highest BCUT2D eigenvalue weighted by Gasteiger charge is 2.19. The number of nitrogens with one attached hydrogen (secondary N) is 1. The van der Waals surface area contributed by atoms with Crippen molar-refractivity contribution >= 4 is 23.5 Å². The lowest BCUT2D eigenvalue weighted by atomic mass is 10.1. The first kappa shape index (κ1) is 19.0. The highest BCUT2D eigenvalue weighted by molar-refractivity contribution is 6.33. The molecule has 134 valence electrons. The van der Waals surface area contributed by atoms with Gasteiger partial charge in [-0.2, -0.15) is 0 Å². The van der Waals surface area contributed by atoms with Gasteiger partial charge in [0.2, 0.25) is 5.91 Å². The Balaban J connectivity index is 1.90. The molecule has 2 rings (SSSR count). The minimum Gasteiger partial charge on any atom is -0.480 e. The molecule has 0 aliphatic heterocycles. The number of nitrogens with zero attached hydrogens (tertiary/aromatic N) is 1. The number of carbonyl (C=O) groups excluding carboxylic acids is 1. The van der Waals surface area contributed by atoms with Gasteiger partial charge < -0.3 is 14.8 Å². The lowest BCUT2D eigenvalue weighted by Gasteiger charge is -2.13. The van der Waals surface area contributed by atoms with Crippen molar-refractivity contribution < 1.29 is 19.1 Å². The number of hydrogen-bond donors (Lipinski definition) is 2. The second-order valence-corrected chi connectivity index (χ2v) is 6.11. The minimum atomic E-state index is -1.01. The van der Waals surface area contributed by atoms with Crippen molar-refractivity contribution in [1.82, 2.24) is 10.3 Å². The average Bonchev–Trinajstić information content (AvgIpc) is 3.05. The Morgan fingerprint density at radius 1 is 1.36 bits per heavy atom. The molecule has 0 saturated carbocycles. The smallest absolute Gasteiger partial charge is 0.326 e. The molecule has 25 heavy (non-hydrogen) atoms. The molecular weight excluding hydrogens is 344 g/mol. The molecule has 1 aromatic carbocycles. The summed E-state index contributed by atoms with van der Waals surface area (Å²) in [5.41, 5.74) is 0.734. The van der Waals surface area contributed by atoms with Crippen LogP contribution in [0.3, 0.4) is 0 Å². The number of carboxylic acid groups (broad SMARTS) is 1. The maximum Gasteiger partial charge on any atom is 0.326 e. The van der Waals surface area contributed by atoms with E-state index in [-0.39, 0.29) is 18.7 Å². The monoisotopic (exact) mass is 364 g/mol. The number of aromatic nitrogens is 1.